The standard InChI is InChI=1S/C39H38N6O9/c1-39-24(34(47)44(36(39)49)22-9-7-6-8-10-22)18-27-23(33(39)21-11-12-30(52-3)29(46)17-21)13-16-43-37(50)42(38(51)45(27)43)15-14-25-35(48)41(2)28-20-32(54-5)31(53-4)19-26(28)40-25/h6-13,17,19-20,24,27,33,46H,14-16,18H2,1-5H3/t24-,27+,33-,39+/m0/s1. The second-order valence-corrected chi connectivity index (χ2v) is 14.0. The van der Waals surface area contributed by atoms with Crippen LogP contribution in [0.4, 0.5) is 5.69 Å². The molecule has 15 nitrogen and oxygen atoms in total. The van der Waals surface area contributed by atoms with Gasteiger partial charge < -0.3 is 23.9 Å². The van der Waals surface area contributed by atoms with Crippen LogP contribution in [-0.4, -0.2) is 61.7 Å². The Morgan fingerprint density at radius 3 is 2.28 bits per heavy atom. The van der Waals surface area contributed by atoms with Crippen molar-refractivity contribution in [1.82, 2.24) is 23.5 Å². The van der Waals surface area contributed by atoms with E-state index in [0.29, 0.717) is 39.4 Å². The van der Waals surface area contributed by atoms with Crippen LogP contribution >= 0.6 is 0 Å². The molecular formula is C39H38N6O9. The molecule has 1 N–H and O–H groups in total. The Morgan fingerprint density at radius 2 is 1.59 bits per heavy atom. The minimum absolute atomic E-state index is 0.0193. The zero-order chi connectivity index (χ0) is 38.2. The number of carbonyl (C=O) groups is 2. The van der Waals surface area contributed by atoms with E-state index in [1.165, 1.54) is 46.2 Å². The Hall–Kier alpha value is -6.38. The molecule has 8 rings (SSSR count). The highest BCUT2D eigenvalue weighted by Crippen LogP contribution is 2.61. The number of methoxy groups -OCH3 is 3. The molecule has 1 saturated carbocycles. The summed E-state index contributed by atoms with van der Waals surface area (Å²) in [4.78, 5) is 76.4. The molecule has 4 atom stereocenters. The summed E-state index contributed by atoms with van der Waals surface area (Å²) in [5.74, 6) is -1.46. The number of amides is 2. The second kappa shape index (κ2) is 12.6. The fourth-order valence-electron chi connectivity index (χ4n) is 8.70. The number of anilines is 1. The molecule has 4 heterocycles. The van der Waals surface area contributed by atoms with E-state index in [9.17, 15) is 29.1 Å². The number of phenols is 1. The molecule has 2 amide bonds. The first-order chi connectivity index (χ1) is 25.9. The molecule has 54 heavy (non-hydrogen) atoms. The molecule has 5 aromatic rings. The number of rotatable bonds is 8. The van der Waals surface area contributed by atoms with Gasteiger partial charge in [0.15, 0.2) is 23.0 Å². The summed E-state index contributed by atoms with van der Waals surface area (Å²) in [6.07, 6.45) is 1.90. The van der Waals surface area contributed by atoms with E-state index in [1.54, 1.807) is 68.6 Å². The van der Waals surface area contributed by atoms with Crippen LogP contribution in [0.25, 0.3) is 11.0 Å². The Labute approximate surface area is 307 Å². The number of hydrogen-bond acceptors (Lipinski definition) is 10. The molecule has 0 unspecified atom stereocenters. The lowest BCUT2D eigenvalue weighted by Crippen LogP contribution is -2.49. The van der Waals surface area contributed by atoms with Gasteiger partial charge in [-0.3, -0.25) is 14.4 Å². The van der Waals surface area contributed by atoms with Gasteiger partial charge in [-0.1, -0.05) is 30.3 Å². The molecule has 15 heteroatoms. The number of aromatic hydroxyl groups is 1. The summed E-state index contributed by atoms with van der Waals surface area (Å²) in [7, 11) is 6.03. The van der Waals surface area contributed by atoms with Crippen LogP contribution in [0.2, 0.25) is 0 Å². The molecule has 0 spiro atoms. The quantitative estimate of drug-likeness (QED) is 0.185. The van der Waals surface area contributed by atoms with Crippen LogP contribution in [0.15, 0.2) is 86.7 Å². The largest absolute Gasteiger partial charge is 0.504 e. The van der Waals surface area contributed by atoms with E-state index in [1.807, 2.05) is 6.08 Å². The van der Waals surface area contributed by atoms with Crippen molar-refractivity contribution in [2.24, 2.45) is 18.4 Å². The fraction of sp³-hybridized carbons (Fsp3) is 0.333. The maximum atomic E-state index is 14.5. The van der Waals surface area contributed by atoms with Crippen molar-refractivity contribution in [1.29, 1.82) is 0 Å². The lowest BCUT2D eigenvalue weighted by molar-refractivity contribution is -0.129. The van der Waals surface area contributed by atoms with Crippen LogP contribution in [0.1, 0.15) is 36.6 Å². The molecule has 278 valence electrons. The van der Waals surface area contributed by atoms with Gasteiger partial charge in [0.05, 0.1) is 62.0 Å². The van der Waals surface area contributed by atoms with Gasteiger partial charge in [0.1, 0.15) is 5.69 Å². The van der Waals surface area contributed by atoms with Gasteiger partial charge in [0, 0.05) is 38.1 Å². The van der Waals surface area contributed by atoms with Gasteiger partial charge in [-0.2, -0.15) is 0 Å². The van der Waals surface area contributed by atoms with Gasteiger partial charge in [-0.25, -0.2) is 33.4 Å². The van der Waals surface area contributed by atoms with Crippen molar-refractivity contribution < 1.29 is 28.9 Å². The van der Waals surface area contributed by atoms with E-state index in [4.69, 9.17) is 14.2 Å². The Bertz CT molecular complexity index is 2600. The van der Waals surface area contributed by atoms with E-state index in [0.717, 1.165) is 4.57 Å². The molecule has 0 radical (unpaired) electrons. The zero-order valence-corrected chi connectivity index (χ0v) is 30.3. The topological polar surface area (TPSA) is 169 Å². The van der Waals surface area contributed by atoms with Crippen LogP contribution in [0.3, 0.4) is 0 Å². The monoisotopic (exact) mass is 734 g/mol. The highest BCUT2D eigenvalue weighted by Gasteiger charge is 2.65. The summed E-state index contributed by atoms with van der Waals surface area (Å²) in [6, 6.07) is 16.1. The minimum Gasteiger partial charge on any atom is -0.504 e. The number of ether oxygens (including phenoxy) is 3. The number of benzene rings is 3. The Balaban J connectivity index is 1.21. The zero-order valence-electron chi connectivity index (χ0n) is 30.3. The summed E-state index contributed by atoms with van der Waals surface area (Å²) < 4.78 is 21.3. The fourth-order valence-corrected chi connectivity index (χ4v) is 8.70. The lowest BCUT2D eigenvalue weighted by atomic mass is 9.56. The van der Waals surface area contributed by atoms with Gasteiger partial charge in [0.25, 0.3) is 5.56 Å². The van der Waals surface area contributed by atoms with Crippen molar-refractivity contribution in [3.63, 3.8) is 0 Å². The minimum atomic E-state index is -1.29. The molecule has 1 aliphatic carbocycles. The predicted octanol–water partition coefficient (Wildman–Crippen LogP) is 2.90. The number of fused-ring (bicyclic) bond motifs is 5. The van der Waals surface area contributed by atoms with Gasteiger partial charge in [0.2, 0.25) is 11.8 Å². The van der Waals surface area contributed by atoms with Crippen molar-refractivity contribution in [3.05, 3.63) is 115 Å². The average Bonchev–Trinajstić information content (AvgIpc) is 3.54. The van der Waals surface area contributed by atoms with Gasteiger partial charge in [-0.05, 0) is 48.7 Å². The number of carbonyl (C=O) groups excluding carboxylic acids is 2. The van der Waals surface area contributed by atoms with Crippen molar-refractivity contribution >= 4 is 28.5 Å². The molecule has 2 aliphatic heterocycles. The van der Waals surface area contributed by atoms with Crippen LogP contribution in [0, 0.1) is 11.3 Å². The second-order valence-electron chi connectivity index (χ2n) is 14.0. The average molecular weight is 735 g/mol. The third kappa shape index (κ3) is 4.87. The van der Waals surface area contributed by atoms with Gasteiger partial charge in [-0.15, -0.1) is 0 Å². The normalized spacial score (nSPS) is 21.8. The summed E-state index contributed by atoms with van der Waals surface area (Å²) in [6.45, 7) is 1.65. The molecule has 3 aliphatic rings. The molecule has 2 aromatic heterocycles. The third-order valence-corrected chi connectivity index (χ3v) is 11.4. The SMILES string of the molecule is COc1ccc([C@H]2C3=CCn4c(=O)n(CCc5nc6cc(OC)c(OC)cc6n(C)c5=O)c(=O)n4[C@@H]3C[C@H]3C(=O)N(c4ccccc4)C(=O)[C@@]23C)cc1O. The summed E-state index contributed by atoms with van der Waals surface area (Å²) in [5, 5.41) is 10.9. The molecular weight excluding hydrogens is 696 g/mol. The number of phenolic OH excluding ortho intramolecular Hbond substituents is 1. The van der Waals surface area contributed by atoms with Crippen LogP contribution < -0.4 is 36.0 Å². The number of nitrogens with zero attached hydrogens (tertiary/aromatic N) is 6. The van der Waals surface area contributed by atoms with E-state index in [-0.39, 0.29) is 48.7 Å². The van der Waals surface area contributed by atoms with Crippen molar-refractivity contribution in [2.45, 2.75) is 44.8 Å². The number of allylic oxidation sites excluding steroid dienone is 2. The van der Waals surface area contributed by atoms with Crippen molar-refractivity contribution in [3.8, 4) is 23.0 Å². The predicted molar refractivity (Wildman–Crippen MR) is 196 cm³/mol. The summed E-state index contributed by atoms with van der Waals surface area (Å²) >= 11 is 0. The first-order valence-corrected chi connectivity index (χ1v) is 17.5. The van der Waals surface area contributed by atoms with Gasteiger partial charge >= 0.3 is 11.4 Å². The van der Waals surface area contributed by atoms with Crippen molar-refractivity contribution in [2.75, 3.05) is 26.2 Å². The smallest absolute Gasteiger partial charge is 0.347 e. The number of hydrogen-bond donors (Lipinski definition) is 1. The van der Waals surface area contributed by atoms with Crippen LogP contribution in [-0.2, 0) is 36.1 Å². The maximum absolute atomic E-state index is 14.5. The van der Waals surface area contributed by atoms with Crippen LogP contribution in [0.5, 0.6) is 23.0 Å². The molecule has 1 saturated heterocycles. The first-order valence-electron chi connectivity index (χ1n) is 17.5. The highest BCUT2D eigenvalue weighted by molar-refractivity contribution is 6.24. The van der Waals surface area contributed by atoms with E-state index >= 15 is 0 Å². The number of para-hydroxylation sites is 1. The maximum Gasteiger partial charge on any atom is 0.347 e. The summed E-state index contributed by atoms with van der Waals surface area (Å²) in [5.41, 5.74) is -0.0527. The highest BCUT2D eigenvalue weighted by atomic mass is 16.5. The molecule has 0 bridgehead atoms. The first kappa shape index (κ1) is 34.7. The number of aromatic nitrogens is 5. The lowest BCUT2D eigenvalue weighted by Gasteiger charge is -2.47. The van der Waals surface area contributed by atoms with E-state index in [2.05, 4.69) is 4.98 Å². The molecule has 3 aromatic carbocycles. The third-order valence-electron chi connectivity index (χ3n) is 11.4. The molecule has 2 fully saturated rings. The Morgan fingerprint density at radius 1 is 0.889 bits per heavy atom. The Kier molecular flexibility index (Phi) is 8.12. The van der Waals surface area contributed by atoms with E-state index < -0.39 is 46.5 Å². The number of imide groups is 1. The number of aryl methyl sites for hydroxylation is 2.